The van der Waals surface area contributed by atoms with Gasteiger partial charge in [0.2, 0.25) is 0 Å². The Morgan fingerprint density at radius 3 is 2.81 bits per heavy atom. The maximum atomic E-state index is 11.8. The molecule has 0 aliphatic carbocycles. The number of hydrogen-bond acceptors (Lipinski definition) is 3. The Morgan fingerprint density at radius 1 is 1.44 bits per heavy atom. The monoisotopic (exact) mass is 282 g/mol. The van der Waals surface area contributed by atoms with Gasteiger partial charge in [0, 0.05) is 22.3 Å². The second-order valence-corrected chi connectivity index (χ2v) is 4.62. The minimum atomic E-state index is -0.0164. The molecule has 2 aromatic heterocycles. The van der Waals surface area contributed by atoms with Crippen molar-refractivity contribution in [3.05, 3.63) is 50.2 Å². The summed E-state index contributed by atoms with van der Waals surface area (Å²) in [6, 6.07) is 3.62. The molecule has 5 heteroatoms. The van der Waals surface area contributed by atoms with Gasteiger partial charge in [-0.3, -0.25) is 4.79 Å². The molecule has 0 spiro atoms. The molecule has 0 radical (unpaired) electrons. The molecule has 84 valence electrons. The molecule has 0 atom stereocenters. The lowest BCUT2D eigenvalue weighted by molar-refractivity contribution is 0.371. The van der Waals surface area contributed by atoms with E-state index in [1.165, 1.54) is 0 Å². The molecule has 0 saturated carbocycles. The zero-order chi connectivity index (χ0) is 11.7. The Balaban J connectivity index is 2.38. The van der Waals surface area contributed by atoms with Gasteiger partial charge in [-0.2, -0.15) is 0 Å². The van der Waals surface area contributed by atoms with Gasteiger partial charge in [-0.25, -0.2) is 0 Å². The minimum absolute atomic E-state index is 0.0164. The number of rotatable bonds is 2. The van der Waals surface area contributed by atoms with E-state index in [9.17, 15) is 4.79 Å². The summed E-state index contributed by atoms with van der Waals surface area (Å²) in [6.45, 7) is 4.04. The molecule has 0 aliphatic rings. The van der Waals surface area contributed by atoms with Crippen LogP contribution in [0.5, 0.6) is 0 Å². The predicted octanol–water partition coefficient (Wildman–Crippen LogP) is 2.26. The lowest BCUT2D eigenvalue weighted by Crippen LogP contribution is -2.21. The normalized spacial score (nSPS) is 10.7. The highest BCUT2D eigenvalue weighted by Crippen LogP contribution is 2.10. The summed E-state index contributed by atoms with van der Waals surface area (Å²) in [4.78, 5) is 11.8. The summed E-state index contributed by atoms with van der Waals surface area (Å²) in [6.07, 6.45) is 1.74. The first-order valence-corrected chi connectivity index (χ1v) is 5.64. The molecule has 0 fully saturated rings. The van der Waals surface area contributed by atoms with E-state index in [2.05, 4.69) is 21.1 Å². The molecule has 4 nitrogen and oxygen atoms in total. The highest BCUT2D eigenvalue weighted by atomic mass is 79.9. The van der Waals surface area contributed by atoms with Gasteiger partial charge in [-0.05, 0) is 35.8 Å². The zero-order valence-corrected chi connectivity index (χ0v) is 10.6. The van der Waals surface area contributed by atoms with Crippen molar-refractivity contribution in [1.82, 2.24) is 9.72 Å². The number of halogens is 1. The van der Waals surface area contributed by atoms with E-state index < -0.39 is 0 Å². The molecule has 2 rings (SSSR count). The van der Waals surface area contributed by atoms with Crippen molar-refractivity contribution in [3.8, 4) is 0 Å². The summed E-state index contributed by atoms with van der Waals surface area (Å²) >= 11 is 3.36. The van der Waals surface area contributed by atoms with Gasteiger partial charge in [-0.15, -0.1) is 0 Å². The topological polar surface area (TPSA) is 48.0 Å². The summed E-state index contributed by atoms with van der Waals surface area (Å²) in [5, 5.41) is 3.79. The van der Waals surface area contributed by atoms with Crippen molar-refractivity contribution in [2.45, 2.75) is 20.4 Å². The Kier molecular flexibility index (Phi) is 2.96. The fourth-order valence-electron chi connectivity index (χ4n) is 1.52. The van der Waals surface area contributed by atoms with Crippen LogP contribution in [-0.4, -0.2) is 9.72 Å². The molecule has 0 amide bonds. The van der Waals surface area contributed by atoms with Gasteiger partial charge in [0.1, 0.15) is 0 Å². The van der Waals surface area contributed by atoms with Crippen molar-refractivity contribution >= 4 is 15.9 Å². The van der Waals surface area contributed by atoms with E-state index in [4.69, 9.17) is 4.52 Å². The van der Waals surface area contributed by atoms with Crippen LogP contribution in [0.4, 0.5) is 0 Å². The van der Waals surface area contributed by atoms with E-state index in [1.54, 1.807) is 23.8 Å². The first-order chi connectivity index (χ1) is 7.56. The van der Waals surface area contributed by atoms with Crippen LogP contribution >= 0.6 is 15.9 Å². The minimum Gasteiger partial charge on any atom is -0.359 e. The highest BCUT2D eigenvalue weighted by molar-refractivity contribution is 9.10. The lowest BCUT2D eigenvalue weighted by atomic mass is 10.3. The van der Waals surface area contributed by atoms with E-state index in [-0.39, 0.29) is 5.56 Å². The van der Waals surface area contributed by atoms with Crippen LogP contribution < -0.4 is 5.56 Å². The van der Waals surface area contributed by atoms with Crippen LogP contribution in [0.25, 0.3) is 0 Å². The van der Waals surface area contributed by atoms with Crippen LogP contribution in [0.2, 0.25) is 0 Å². The molecule has 2 aromatic rings. The van der Waals surface area contributed by atoms with Crippen molar-refractivity contribution < 1.29 is 4.52 Å². The third-order valence-corrected chi connectivity index (χ3v) is 2.67. The Hall–Kier alpha value is -1.36. The molecular formula is C11H11BrN2O2. The van der Waals surface area contributed by atoms with Crippen LogP contribution in [-0.2, 0) is 6.54 Å². The van der Waals surface area contributed by atoms with Crippen molar-refractivity contribution in [3.63, 3.8) is 0 Å². The zero-order valence-electron chi connectivity index (χ0n) is 9.03. The average Bonchev–Trinajstić information content (AvgIpc) is 2.60. The van der Waals surface area contributed by atoms with Crippen LogP contribution in [0.3, 0.4) is 0 Å². The molecular weight excluding hydrogens is 272 g/mol. The molecule has 16 heavy (non-hydrogen) atoms. The third-order valence-electron chi connectivity index (χ3n) is 2.23. The highest BCUT2D eigenvalue weighted by Gasteiger charge is 2.06. The molecule has 2 heterocycles. The maximum Gasteiger partial charge on any atom is 0.253 e. The standard InChI is InChI=1S/C11H11BrN2O2/c1-7-3-9(12)5-14(11(7)15)6-10-4-8(2)13-16-10/h3-5H,6H2,1-2H3. The number of pyridine rings is 1. The maximum absolute atomic E-state index is 11.8. The van der Waals surface area contributed by atoms with Crippen LogP contribution in [0, 0.1) is 13.8 Å². The van der Waals surface area contributed by atoms with Gasteiger partial charge in [0.05, 0.1) is 12.2 Å². The smallest absolute Gasteiger partial charge is 0.253 e. The number of hydrogen-bond donors (Lipinski definition) is 0. The van der Waals surface area contributed by atoms with Crippen molar-refractivity contribution in [2.75, 3.05) is 0 Å². The summed E-state index contributed by atoms with van der Waals surface area (Å²) < 4.78 is 7.55. The molecule has 0 bridgehead atoms. The summed E-state index contributed by atoms with van der Waals surface area (Å²) in [7, 11) is 0. The first kappa shape index (κ1) is 11.1. The van der Waals surface area contributed by atoms with Gasteiger partial charge >= 0.3 is 0 Å². The number of aromatic nitrogens is 2. The summed E-state index contributed by atoms with van der Waals surface area (Å²) in [5.74, 6) is 0.678. The van der Waals surface area contributed by atoms with E-state index in [1.807, 2.05) is 13.0 Å². The Morgan fingerprint density at radius 2 is 2.19 bits per heavy atom. The molecule has 0 aliphatic heterocycles. The van der Waals surface area contributed by atoms with Gasteiger partial charge in [0.25, 0.3) is 5.56 Å². The van der Waals surface area contributed by atoms with E-state index in [0.29, 0.717) is 17.9 Å². The fraction of sp³-hybridized carbons (Fsp3) is 0.273. The SMILES string of the molecule is Cc1cc(Cn2cc(Br)cc(C)c2=O)on1. The van der Waals surface area contributed by atoms with Gasteiger partial charge in [0.15, 0.2) is 5.76 Å². The molecule has 0 saturated heterocycles. The van der Waals surface area contributed by atoms with E-state index >= 15 is 0 Å². The van der Waals surface area contributed by atoms with E-state index in [0.717, 1.165) is 10.2 Å². The van der Waals surface area contributed by atoms with Crippen molar-refractivity contribution in [2.24, 2.45) is 0 Å². The number of nitrogens with zero attached hydrogens (tertiary/aromatic N) is 2. The Bertz CT molecular complexity index is 572. The second kappa shape index (κ2) is 4.25. The molecule has 0 N–H and O–H groups in total. The Labute approximate surface area is 101 Å². The lowest BCUT2D eigenvalue weighted by Gasteiger charge is -2.04. The average molecular weight is 283 g/mol. The molecule has 0 aromatic carbocycles. The largest absolute Gasteiger partial charge is 0.359 e. The van der Waals surface area contributed by atoms with Crippen molar-refractivity contribution in [1.29, 1.82) is 0 Å². The quantitative estimate of drug-likeness (QED) is 0.849. The first-order valence-electron chi connectivity index (χ1n) is 4.85. The number of aryl methyl sites for hydroxylation is 2. The van der Waals surface area contributed by atoms with Crippen LogP contribution in [0.1, 0.15) is 17.0 Å². The van der Waals surface area contributed by atoms with Gasteiger partial charge < -0.3 is 9.09 Å². The fourth-order valence-corrected chi connectivity index (χ4v) is 2.11. The summed E-state index contributed by atoms with van der Waals surface area (Å²) in [5.41, 5.74) is 1.50. The van der Waals surface area contributed by atoms with Crippen LogP contribution in [0.15, 0.2) is 32.1 Å². The van der Waals surface area contributed by atoms with Gasteiger partial charge in [-0.1, -0.05) is 5.16 Å². The third kappa shape index (κ3) is 2.24. The molecule has 0 unspecified atom stereocenters. The second-order valence-electron chi connectivity index (χ2n) is 3.71. The predicted molar refractivity (Wildman–Crippen MR) is 63.5 cm³/mol.